The van der Waals surface area contributed by atoms with Crippen molar-refractivity contribution in [1.82, 2.24) is 5.32 Å². The molecule has 1 aromatic rings. The van der Waals surface area contributed by atoms with Crippen LogP contribution in [0.5, 0.6) is 5.75 Å². The molecule has 0 fully saturated rings. The minimum Gasteiger partial charge on any atom is -0.488 e. The van der Waals surface area contributed by atoms with Crippen LogP contribution in [0.4, 0.5) is 0 Å². The Morgan fingerprint density at radius 1 is 1.44 bits per heavy atom. The van der Waals surface area contributed by atoms with Gasteiger partial charge in [0.2, 0.25) is 0 Å². The molecule has 0 saturated heterocycles. The van der Waals surface area contributed by atoms with Gasteiger partial charge < -0.3 is 10.1 Å². The number of aryl methyl sites for hydroxylation is 1. The Morgan fingerprint density at radius 2 is 2.22 bits per heavy atom. The zero-order chi connectivity index (χ0) is 13.1. The highest BCUT2D eigenvalue weighted by molar-refractivity contribution is 14.1. The second-order valence-electron chi connectivity index (χ2n) is 5.47. The molecular weight excluding hydrogens is 337 g/mol. The van der Waals surface area contributed by atoms with Crippen LogP contribution in [0, 0.1) is 12.8 Å². The highest BCUT2D eigenvalue weighted by Gasteiger charge is 2.23. The maximum Gasteiger partial charge on any atom is 0.123 e. The van der Waals surface area contributed by atoms with Gasteiger partial charge in [-0.1, -0.05) is 54.1 Å². The zero-order valence-corrected chi connectivity index (χ0v) is 13.5. The van der Waals surface area contributed by atoms with Gasteiger partial charge in [-0.3, -0.25) is 0 Å². The molecule has 100 valence electrons. The van der Waals surface area contributed by atoms with E-state index in [1.807, 2.05) is 0 Å². The third-order valence-electron chi connectivity index (χ3n) is 3.54. The number of alkyl halides is 1. The second-order valence-corrected chi connectivity index (χ2v) is 6.35. The molecule has 18 heavy (non-hydrogen) atoms. The molecular formula is C15H22INO. The maximum atomic E-state index is 5.97. The van der Waals surface area contributed by atoms with Crippen LogP contribution in [0.3, 0.4) is 0 Å². The topological polar surface area (TPSA) is 21.3 Å². The molecule has 2 rings (SSSR count). The summed E-state index contributed by atoms with van der Waals surface area (Å²) in [5.74, 6) is 1.75. The highest BCUT2D eigenvalue weighted by atomic mass is 127. The van der Waals surface area contributed by atoms with E-state index in [0.717, 1.165) is 23.1 Å². The van der Waals surface area contributed by atoms with Gasteiger partial charge in [-0.05, 0) is 24.5 Å². The van der Waals surface area contributed by atoms with E-state index >= 15 is 0 Å². The molecule has 1 aliphatic heterocycles. The summed E-state index contributed by atoms with van der Waals surface area (Å²) in [6.45, 7) is 7.62. The second kappa shape index (κ2) is 6.24. The molecule has 2 unspecified atom stereocenters. The summed E-state index contributed by atoms with van der Waals surface area (Å²) < 4.78 is 7.12. The van der Waals surface area contributed by atoms with Crippen LogP contribution in [-0.2, 0) is 6.42 Å². The van der Waals surface area contributed by atoms with E-state index in [9.17, 15) is 0 Å². The molecule has 2 atom stereocenters. The minimum absolute atomic E-state index is 0.297. The summed E-state index contributed by atoms with van der Waals surface area (Å²) in [4.78, 5) is 0. The van der Waals surface area contributed by atoms with Gasteiger partial charge in [0.05, 0.1) is 0 Å². The van der Waals surface area contributed by atoms with Crippen molar-refractivity contribution >= 4 is 22.6 Å². The Morgan fingerprint density at radius 3 is 2.89 bits per heavy atom. The normalized spacial score (nSPS) is 19.7. The van der Waals surface area contributed by atoms with Gasteiger partial charge in [0, 0.05) is 23.4 Å². The van der Waals surface area contributed by atoms with E-state index in [1.165, 1.54) is 11.1 Å². The van der Waals surface area contributed by atoms with E-state index < -0.39 is 0 Å². The molecule has 0 saturated carbocycles. The molecule has 0 bridgehead atoms. The van der Waals surface area contributed by atoms with Crippen LogP contribution < -0.4 is 10.1 Å². The van der Waals surface area contributed by atoms with Crippen LogP contribution in [0.25, 0.3) is 0 Å². The molecule has 0 amide bonds. The fourth-order valence-corrected chi connectivity index (χ4v) is 3.64. The Balaban J connectivity index is 1.88. The lowest BCUT2D eigenvalue weighted by molar-refractivity contribution is 0.218. The van der Waals surface area contributed by atoms with Crippen molar-refractivity contribution in [3.8, 4) is 5.75 Å². The van der Waals surface area contributed by atoms with Crippen LogP contribution in [0.15, 0.2) is 18.2 Å². The molecule has 3 heteroatoms. The summed E-state index contributed by atoms with van der Waals surface area (Å²) in [5, 5.41) is 3.63. The Hall–Kier alpha value is -0.290. The molecule has 2 nitrogen and oxygen atoms in total. The predicted octanol–water partition coefficient (Wildman–Crippen LogP) is 3.35. The Labute approximate surface area is 124 Å². The summed E-state index contributed by atoms with van der Waals surface area (Å²) in [5.41, 5.74) is 2.68. The first kappa shape index (κ1) is 14.1. The highest BCUT2D eigenvalue weighted by Crippen LogP contribution is 2.29. The first-order valence-corrected chi connectivity index (χ1v) is 8.18. The van der Waals surface area contributed by atoms with Crippen molar-refractivity contribution in [2.45, 2.75) is 39.3 Å². The number of halogens is 1. The fraction of sp³-hybridized carbons (Fsp3) is 0.600. The fourth-order valence-electron chi connectivity index (χ4n) is 2.31. The minimum atomic E-state index is 0.297. The number of rotatable bonds is 5. The SMILES string of the molecule is Cc1ccc2c(c1)CC(CNC(CI)C(C)C)O2. The Bertz CT molecular complexity index is 405. The number of hydrogen-bond acceptors (Lipinski definition) is 2. The van der Waals surface area contributed by atoms with E-state index in [2.05, 4.69) is 66.9 Å². The van der Waals surface area contributed by atoms with Crippen molar-refractivity contribution in [1.29, 1.82) is 0 Å². The standard InChI is InChI=1S/C15H22INO/c1-10(2)14(8-16)17-9-13-7-12-6-11(3)4-5-15(12)18-13/h4-6,10,13-14,17H,7-9H2,1-3H3. The molecule has 1 heterocycles. The number of hydrogen-bond donors (Lipinski definition) is 1. The number of fused-ring (bicyclic) bond motifs is 1. The largest absolute Gasteiger partial charge is 0.488 e. The van der Waals surface area contributed by atoms with Crippen molar-refractivity contribution < 1.29 is 4.74 Å². The van der Waals surface area contributed by atoms with Gasteiger partial charge in [0.15, 0.2) is 0 Å². The summed E-state index contributed by atoms with van der Waals surface area (Å²) in [6, 6.07) is 7.05. The van der Waals surface area contributed by atoms with Crippen LogP contribution in [0.1, 0.15) is 25.0 Å². The van der Waals surface area contributed by atoms with E-state index in [0.29, 0.717) is 18.1 Å². The quantitative estimate of drug-likeness (QED) is 0.643. The average Bonchev–Trinajstić information content (AvgIpc) is 2.71. The lowest BCUT2D eigenvalue weighted by Gasteiger charge is -2.22. The molecule has 0 aromatic heterocycles. The first-order chi connectivity index (χ1) is 8.60. The van der Waals surface area contributed by atoms with E-state index in [1.54, 1.807) is 0 Å². The monoisotopic (exact) mass is 359 g/mol. The van der Waals surface area contributed by atoms with Crippen molar-refractivity contribution in [2.75, 3.05) is 11.0 Å². The lowest BCUT2D eigenvalue weighted by Crippen LogP contribution is -2.41. The van der Waals surface area contributed by atoms with Crippen molar-refractivity contribution in [3.63, 3.8) is 0 Å². The number of benzene rings is 1. The van der Waals surface area contributed by atoms with E-state index in [-0.39, 0.29) is 0 Å². The van der Waals surface area contributed by atoms with Crippen LogP contribution in [-0.4, -0.2) is 23.1 Å². The van der Waals surface area contributed by atoms with Crippen molar-refractivity contribution in [3.05, 3.63) is 29.3 Å². The number of nitrogens with one attached hydrogen (secondary N) is 1. The smallest absolute Gasteiger partial charge is 0.123 e. The molecule has 1 N–H and O–H groups in total. The molecule has 0 radical (unpaired) electrons. The average molecular weight is 359 g/mol. The summed E-state index contributed by atoms with van der Waals surface area (Å²) >= 11 is 2.45. The molecule has 1 aliphatic rings. The summed E-state index contributed by atoms with van der Waals surface area (Å²) in [6.07, 6.45) is 1.33. The third-order valence-corrected chi connectivity index (χ3v) is 4.48. The Kier molecular flexibility index (Phi) is 4.90. The van der Waals surface area contributed by atoms with Crippen molar-refractivity contribution in [2.24, 2.45) is 5.92 Å². The van der Waals surface area contributed by atoms with Gasteiger partial charge in [-0.2, -0.15) is 0 Å². The lowest BCUT2D eigenvalue weighted by atomic mass is 10.1. The zero-order valence-electron chi connectivity index (χ0n) is 11.4. The third kappa shape index (κ3) is 3.38. The first-order valence-electron chi connectivity index (χ1n) is 6.65. The van der Waals surface area contributed by atoms with Crippen LogP contribution >= 0.6 is 22.6 Å². The molecule has 1 aromatic carbocycles. The van der Waals surface area contributed by atoms with Gasteiger partial charge in [0.1, 0.15) is 11.9 Å². The van der Waals surface area contributed by atoms with Gasteiger partial charge in [-0.15, -0.1) is 0 Å². The van der Waals surface area contributed by atoms with Gasteiger partial charge in [0.25, 0.3) is 0 Å². The number of ether oxygens (including phenoxy) is 1. The maximum absolute atomic E-state index is 5.97. The van der Waals surface area contributed by atoms with Crippen LogP contribution in [0.2, 0.25) is 0 Å². The van der Waals surface area contributed by atoms with Gasteiger partial charge >= 0.3 is 0 Å². The molecule has 0 aliphatic carbocycles. The summed E-state index contributed by atoms with van der Waals surface area (Å²) in [7, 11) is 0. The van der Waals surface area contributed by atoms with E-state index in [4.69, 9.17) is 4.74 Å². The van der Waals surface area contributed by atoms with Gasteiger partial charge in [-0.25, -0.2) is 0 Å². The molecule has 0 spiro atoms. The predicted molar refractivity (Wildman–Crippen MR) is 84.8 cm³/mol.